The maximum absolute atomic E-state index is 12.3. The van der Waals surface area contributed by atoms with Gasteiger partial charge in [0.2, 0.25) is 0 Å². The standard InChI is InChI=1S/C17H17N3O4S/c1-10-4-5-11(2)13(8-10)18-17(25)19-16(21)12-6-7-15(24-3)14(9-12)20(22)23/h4-9H,1-3H3,(H2,18,19,21,25). The fourth-order valence-corrected chi connectivity index (χ4v) is 2.38. The molecule has 25 heavy (non-hydrogen) atoms. The third kappa shape index (κ3) is 4.51. The topological polar surface area (TPSA) is 93.5 Å². The van der Waals surface area contributed by atoms with Crippen LogP contribution in [0.4, 0.5) is 11.4 Å². The second-order valence-electron chi connectivity index (χ2n) is 5.37. The minimum atomic E-state index is -0.609. The van der Waals surface area contributed by atoms with Gasteiger partial charge in [0.05, 0.1) is 12.0 Å². The third-order valence-electron chi connectivity index (χ3n) is 3.51. The number of hydrogen-bond acceptors (Lipinski definition) is 5. The molecule has 0 aliphatic carbocycles. The van der Waals surface area contributed by atoms with E-state index in [0.717, 1.165) is 22.9 Å². The van der Waals surface area contributed by atoms with E-state index in [2.05, 4.69) is 10.6 Å². The van der Waals surface area contributed by atoms with Crippen molar-refractivity contribution in [3.63, 3.8) is 0 Å². The molecule has 7 nitrogen and oxygen atoms in total. The number of carbonyl (C=O) groups is 1. The van der Waals surface area contributed by atoms with Gasteiger partial charge in [-0.1, -0.05) is 12.1 Å². The SMILES string of the molecule is COc1ccc(C(=O)NC(=S)Nc2cc(C)ccc2C)cc1[N+](=O)[O-]. The minimum absolute atomic E-state index is 0.0811. The Hall–Kier alpha value is -3.00. The first-order valence-electron chi connectivity index (χ1n) is 7.34. The predicted octanol–water partition coefficient (Wildman–Crippen LogP) is 3.35. The zero-order valence-electron chi connectivity index (χ0n) is 14.0. The first-order chi connectivity index (χ1) is 11.8. The highest BCUT2D eigenvalue weighted by Gasteiger charge is 2.18. The number of nitro benzene ring substituents is 1. The van der Waals surface area contributed by atoms with Crippen LogP contribution in [0.1, 0.15) is 21.5 Å². The van der Waals surface area contributed by atoms with E-state index in [0.29, 0.717) is 0 Å². The van der Waals surface area contributed by atoms with Gasteiger partial charge in [-0.15, -0.1) is 0 Å². The van der Waals surface area contributed by atoms with Crippen molar-refractivity contribution >= 4 is 34.6 Å². The molecule has 0 saturated heterocycles. The zero-order valence-corrected chi connectivity index (χ0v) is 14.8. The first kappa shape index (κ1) is 18.3. The van der Waals surface area contributed by atoms with E-state index in [1.54, 1.807) is 0 Å². The Bertz CT molecular complexity index is 852. The second-order valence-corrected chi connectivity index (χ2v) is 5.78. The van der Waals surface area contributed by atoms with E-state index in [1.165, 1.54) is 19.2 Å². The summed E-state index contributed by atoms with van der Waals surface area (Å²) >= 11 is 5.15. The highest BCUT2D eigenvalue weighted by Crippen LogP contribution is 2.27. The molecule has 8 heteroatoms. The molecule has 1 amide bonds. The Morgan fingerprint density at radius 2 is 1.92 bits per heavy atom. The average molecular weight is 359 g/mol. The molecule has 0 aliphatic rings. The maximum atomic E-state index is 12.3. The highest BCUT2D eigenvalue weighted by atomic mass is 32.1. The molecule has 2 rings (SSSR count). The molecule has 0 spiro atoms. The molecule has 0 unspecified atom stereocenters. The van der Waals surface area contributed by atoms with Crippen LogP contribution in [-0.4, -0.2) is 23.1 Å². The van der Waals surface area contributed by atoms with Crippen LogP contribution >= 0.6 is 12.2 Å². The van der Waals surface area contributed by atoms with Gasteiger partial charge in [-0.3, -0.25) is 20.2 Å². The van der Waals surface area contributed by atoms with Crippen LogP contribution in [0.5, 0.6) is 5.75 Å². The summed E-state index contributed by atoms with van der Waals surface area (Å²) in [5, 5.41) is 16.6. The van der Waals surface area contributed by atoms with E-state index in [4.69, 9.17) is 17.0 Å². The van der Waals surface area contributed by atoms with Gasteiger partial charge in [0.25, 0.3) is 5.91 Å². The van der Waals surface area contributed by atoms with Crippen LogP contribution in [0.25, 0.3) is 0 Å². The molecular formula is C17H17N3O4S. The van der Waals surface area contributed by atoms with Crippen molar-refractivity contribution in [3.8, 4) is 5.75 Å². The lowest BCUT2D eigenvalue weighted by Gasteiger charge is -2.12. The van der Waals surface area contributed by atoms with E-state index < -0.39 is 10.8 Å². The monoisotopic (exact) mass is 359 g/mol. The maximum Gasteiger partial charge on any atom is 0.311 e. The molecule has 2 aromatic rings. The van der Waals surface area contributed by atoms with Crippen LogP contribution in [0, 0.1) is 24.0 Å². The summed E-state index contributed by atoms with van der Waals surface area (Å²) in [6.07, 6.45) is 0. The van der Waals surface area contributed by atoms with Gasteiger partial charge in [-0.05, 0) is 55.4 Å². The Balaban J connectivity index is 2.13. The van der Waals surface area contributed by atoms with Crippen LogP contribution in [0.15, 0.2) is 36.4 Å². The summed E-state index contributed by atoms with van der Waals surface area (Å²) in [7, 11) is 1.32. The van der Waals surface area contributed by atoms with Crippen LogP contribution < -0.4 is 15.4 Å². The summed E-state index contributed by atoms with van der Waals surface area (Å²) in [5.41, 5.74) is 2.63. The van der Waals surface area contributed by atoms with Crippen molar-refractivity contribution in [3.05, 3.63) is 63.2 Å². The van der Waals surface area contributed by atoms with Gasteiger partial charge in [0.1, 0.15) is 0 Å². The number of amides is 1. The Labute approximate surface area is 150 Å². The minimum Gasteiger partial charge on any atom is -0.490 e. The summed E-state index contributed by atoms with van der Waals surface area (Å²) in [6.45, 7) is 3.86. The molecule has 0 aliphatic heterocycles. The summed E-state index contributed by atoms with van der Waals surface area (Å²) < 4.78 is 4.91. The number of aryl methyl sites for hydroxylation is 2. The molecule has 0 radical (unpaired) electrons. The van der Waals surface area contributed by atoms with Crippen LogP contribution in [0.2, 0.25) is 0 Å². The van der Waals surface area contributed by atoms with Gasteiger partial charge in [0.15, 0.2) is 10.9 Å². The number of methoxy groups -OCH3 is 1. The van der Waals surface area contributed by atoms with Crippen molar-refractivity contribution < 1.29 is 14.5 Å². The normalized spacial score (nSPS) is 10.0. The number of nitrogens with one attached hydrogen (secondary N) is 2. The largest absolute Gasteiger partial charge is 0.490 e. The van der Waals surface area contributed by atoms with Crippen molar-refractivity contribution in [1.29, 1.82) is 0 Å². The van der Waals surface area contributed by atoms with E-state index in [9.17, 15) is 14.9 Å². The van der Waals surface area contributed by atoms with Crippen molar-refractivity contribution in [1.82, 2.24) is 5.32 Å². The number of ether oxygens (including phenoxy) is 1. The Morgan fingerprint density at radius 3 is 2.56 bits per heavy atom. The molecule has 130 valence electrons. The predicted molar refractivity (Wildman–Crippen MR) is 99.3 cm³/mol. The van der Waals surface area contributed by atoms with Gasteiger partial charge in [-0.25, -0.2) is 0 Å². The molecule has 2 N–H and O–H groups in total. The van der Waals surface area contributed by atoms with Gasteiger partial charge < -0.3 is 10.1 Å². The summed E-state index contributed by atoms with van der Waals surface area (Å²) in [5.74, 6) is -0.466. The molecule has 2 aromatic carbocycles. The van der Waals surface area contributed by atoms with Gasteiger partial charge in [0, 0.05) is 17.3 Å². The molecule has 0 fully saturated rings. The number of hydrogen-bond donors (Lipinski definition) is 2. The lowest BCUT2D eigenvalue weighted by molar-refractivity contribution is -0.385. The number of anilines is 1. The number of nitrogens with zero attached hydrogens (tertiary/aromatic N) is 1. The van der Waals surface area contributed by atoms with Gasteiger partial charge in [-0.2, -0.15) is 0 Å². The molecule has 0 atom stereocenters. The lowest BCUT2D eigenvalue weighted by Crippen LogP contribution is -2.34. The molecule has 0 saturated carbocycles. The van der Waals surface area contributed by atoms with E-state index in [1.807, 2.05) is 32.0 Å². The number of nitro groups is 1. The quantitative estimate of drug-likeness (QED) is 0.494. The number of rotatable bonds is 4. The number of thiocarbonyl (C=S) groups is 1. The van der Waals surface area contributed by atoms with E-state index in [-0.39, 0.29) is 22.1 Å². The van der Waals surface area contributed by atoms with Crippen molar-refractivity contribution in [2.24, 2.45) is 0 Å². The lowest BCUT2D eigenvalue weighted by atomic mass is 10.1. The fourth-order valence-electron chi connectivity index (χ4n) is 2.17. The summed E-state index contributed by atoms with van der Waals surface area (Å²) in [6, 6.07) is 9.77. The van der Waals surface area contributed by atoms with E-state index >= 15 is 0 Å². The number of benzene rings is 2. The van der Waals surface area contributed by atoms with Crippen molar-refractivity contribution in [2.45, 2.75) is 13.8 Å². The smallest absolute Gasteiger partial charge is 0.311 e. The summed E-state index contributed by atoms with van der Waals surface area (Å²) in [4.78, 5) is 22.7. The van der Waals surface area contributed by atoms with Crippen molar-refractivity contribution in [2.75, 3.05) is 12.4 Å². The van der Waals surface area contributed by atoms with Crippen LogP contribution in [0.3, 0.4) is 0 Å². The zero-order chi connectivity index (χ0) is 18.6. The molecule has 0 aromatic heterocycles. The average Bonchev–Trinajstić information content (AvgIpc) is 2.57. The first-order valence-corrected chi connectivity index (χ1v) is 7.74. The van der Waals surface area contributed by atoms with Crippen LogP contribution in [-0.2, 0) is 0 Å². The third-order valence-corrected chi connectivity index (χ3v) is 3.71. The molecular weight excluding hydrogens is 342 g/mol. The Kier molecular flexibility index (Phi) is 5.66. The molecule has 0 heterocycles. The fraction of sp³-hybridized carbons (Fsp3) is 0.176. The highest BCUT2D eigenvalue weighted by molar-refractivity contribution is 7.80. The number of carbonyl (C=O) groups excluding carboxylic acids is 1. The second kappa shape index (κ2) is 7.71. The van der Waals surface area contributed by atoms with Gasteiger partial charge >= 0.3 is 5.69 Å². The Morgan fingerprint density at radius 1 is 1.20 bits per heavy atom. The molecule has 0 bridgehead atoms.